The lowest BCUT2D eigenvalue weighted by Gasteiger charge is -2.12. The molecule has 21 heavy (non-hydrogen) atoms. The zero-order valence-corrected chi connectivity index (χ0v) is 12.9. The molecule has 0 unspecified atom stereocenters. The molecule has 7 heteroatoms. The van der Waals surface area contributed by atoms with E-state index in [0.717, 1.165) is 23.6 Å². The number of hydrogen-bond donors (Lipinski definition) is 1. The van der Waals surface area contributed by atoms with E-state index in [9.17, 15) is 0 Å². The van der Waals surface area contributed by atoms with Crippen molar-refractivity contribution in [3.05, 3.63) is 40.7 Å². The van der Waals surface area contributed by atoms with Gasteiger partial charge in [-0.3, -0.25) is 4.68 Å². The molecule has 0 aliphatic rings. The van der Waals surface area contributed by atoms with Crippen molar-refractivity contribution >= 4 is 11.6 Å². The first kappa shape index (κ1) is 15.8. The molecule has 114 valence electrons. The topological polar surface area (TPSA) is 61.2 Å². The molecular formula is C14H19ClN4O2. The monoisotopic (exact) mass is 310 g/mol. The van der Waals surface area contributed by atoms with Crippen LogP contribution in [0.1, 0.15) is 11.3 Å². The minimum atomic E-state index is 0.376. The molecule has 0 spiro atoms. The van der Waals surface area contributed by atoms with Gasteiger partial charge in [-0.1, -0.05) is 16.8 Å². The second-order valence-corrected chi connectivity index (χ2v) is 5.03. The van der Waals surface area contributed by atoms with Gasteiger partial charge in [0.2, 0.25) is 0 Å². The fourth-order valence-corrected chi connectivity index (χ4v) is 2.03. The molecule has 2 aromatic rings. The van der Waals surface area contributed by atoms with Crippen LogP contribution in [0.4, 0.5) is 0 Å². The van der Waals surface area contributed by atoms with Gasteiger partial charge in [0.05, 0.1) is 12.8 Å². The zero-order valence-electron chi connectivity index (χ0n) is 12.2. The number of methoxy groups -OCH3 is 1. The van der Waals surface area contributed by atoms with E-state index in [0.29, 0.717) is 24.8 Å². The predicted molar refractivity (Wildman–Crippen MR) is 80.4 cm³/mol. The summed E-state index contributed by atoms with van der Waals surface area (Å²) in [5.74, 6) is 0.787. The van der Waals surface area contributed by atoms with Crippen molar-refractivity contribution in [2.45, 2.75) is 13.2 Å². The van der Waals surface area contributed by atoms with Gasteiger partial charge in [0.15, 0.2) is 0 Å². The number of benzene rings is 1. The molecule has 0 atom stereocenters. The van der Waals surface area contributed by atoms with Gasteiger partial charge in [0, 0.05) is 37.8 Å². The molecule has 0 aliphatic carbocycles. The van der Waals surface area contributed by atoms with E-state index in [-0.39, 0.29) is 0 Å². The molecule has 0 bridgehead atoms. The van der Waals surface area contributed by atoms with Crippen LogP contribution >= 0.6 is 11.6 Å². The Morgan fingerprint density at radius 3 is 2.95 bits per heavy atom. The standard InChI is InChI=1S/C14H19ClN4O2/c1-19-9-13(17-18-19)10-21-14-4-3-12(15)7-11(14)8-16-5-6-20-2/h3-4,7,9,16H,5-6,8,10H2,1-2H3. The quantitative estimate of drug-likeness (QED) is 0.753. The Kier molecular flexibility index (Phi) is 5.98. The van der Waals surface area contributed by atoms with Gasteiger partial charge >= 0.3 is 0 Å². The highest BCUT2D eigenvalue weighted by Gasteiger charge is 2.06. The summed E-state index contributed by atoms with van der Waals surface area (Å²) in [5.41, 5.74) is 1.79. The van der Waals surface area contributed by atoms with Crippen LogP contribution in [0.3, 0.4) is 0 Å². The summed E-state index contributed by atoms with van der Waals surface area (Å²) in [6.07, 6.45) is 1.83. The molecule has 6 nitrogen and oxygen atoms in total. The Labute approximate surface area is 129 Å². The highest BCUT2D eigenvalue weighted by Crippen LogP contribution is 2.23. The van der Waals surface area contributed by atoms with Gasteiger partial charge < -0.3 is 14.8 Å². The lowest BCUT2D eigenvalue weighted by atomic mass is 10.2. The average molecular weight is 311 g/mol. The Morgan fingerprint density at radius 2 is 2.24 bits per heavy atom. The van der Waals surface area contributed by atoms with E-state index in [4.69, 9.17) is 21.1 Å². The van der Waals surface area contributed by atoms with Crippen molar-refractivity contribution < 1.29 is 9.47 Å². The number of hydrogen-bond acceptors (Lipinski definition) is 5. The summed E-state index contributed by atoms with van der Waals surface area (Å²) < 4.78 is 12.5. The number of nitrogens with one attached hydrogen (secondary N) is 1. The molecule has 2 rings (SSSR count). The lowest BCUT2D eigenvalue weighted by molar-refractivity contribution is 0.199. The van der Waals surface area contributed by atoms with Gasteiger partial charge in [-0.05, 0) is 18.2 Å². The smallest absolute Gasteiger partial charge is 0.134 e. The summed E-state index contributed by atoms with van der Waals surface area (Å²) >= 11 is 6.04. The van der Waals surface area contributed by atoms with Gasteiger partial charge in [0.1, 0.15) is 18.1 Å². The van der Waals surface area contributed by atoms with Crippen LogP contribution in [-0.2, 0) is 24.9 Å². The van der Waals surface area contributed by atoms with Crippen molar-refractivity contribution in [2.75, 3.05) is 20.3 Å². The maximum absolute atomic E-state index is 6.04. The van der Waals surface area contributed by atoms with Crippen LogP contribution < -0.4 is 10.1 Å². The third-order valence-electron chi connectivity index (χ3n) is 2.85. The molecule has 1 aromatic heterocycles. The third kappa shape index (κ3) is 5.00. The number of nitrogens with zero attached hydrogens (tertiary/aromatic N) is 3. The lowest BCUT2D eigenvalue weighted by Crippen LogP contribution is -2.19. The van der Waals surface area contributed by atoms with E-state index in [1.54, 1.807) is 11.8 Å². The largest absolute Gasteiger partial charge is 0.487 e. The van der Waals surface area contributed by atoms with E-state index in [1.165, 1.54) is 0 Å². The third-order valence-corrected chi connectivity index (χ3v) is 3.08. The molecule has 0 aliphatic heterocycles. The van der Waals surface area contributed by atoms with Crippen LogP contribution in [-0.4, -0.2) is 35.3 Å². The summed E-state index contributed by atoms with van der Waals surface area (Å²) in [4.78, 5) is 0. The van der Waals surface area contributed by atoms with Gasteiger partial charge in [-0.25, -0.2) is 0 Å². The zero-order chi connectivity index (χ0) is 15.1. The molecule has 0 amide bonds. The first-order valence-corrected chi connectivity index (χ1v) is 7.03. The number of ether oxygens (including phenoxy) is 2. The molecule has 0 fully saturated rings. The van der Waals surface area contributed by atoms with Crippen molar-refractivity contribution in [1.82, 2.24) is 20.3 Å². The summed E-state index contributed by atoms with van der Waals surface area (Å²) in [5, 5.41) is 11.8. The molecular weight excluding hydrogens is 292 g/mol. The van der Waals surface area contributed by atoms with E-state index in [1.807, 2.05) is 31.4 Å². The van der Waals surface area contributed by atoms with Crippen LogP contribution in [0.5, 0.6) is 5.75 Å². The van der Waals surface area contributed by atoms with Crippen LogP contribution in [0.25, 0.3) is 0 Å². The van der Waals surface area contributed by atoms with Crippen molar-refractivity contribution in [3.8, 4) is 5.75 Å². The minimum Gasteiger partial charge on any atom is -0.487 e. The minimum absolute atomic E-state index is 0.376. The van der Waals surface area contributed by atoms with E-state index >= 15 is 0 Å². The van der Waals surface area contributed by atoms with Crippen LogP contribution in [0, 0.1) is 0 Å². The fraction of sp³-hybridized carbons (Fsp3) is 0.429. The Morgan fingerprint density at radius 1 is 1.38 bits per heavy atom. The molecule has 1 aromatic carbocycles. The van der Waals surface area contributed by atoms with E-state index in [2.05, 4.69) is 15.6 Å². The SMILES string of the molecule is COCCNCc1cc(Cl)ccc1OCc1cn(C)nn1. The Bertz CT molecular complexity index is 574. The van der Waals surface area contributed by atoms with Crippen molar-refractivity contribution in [1.29, 1.82) is 0 Å². The summed E-state index contributed by atoms with van der Waals surface area (Å²) in [6.45, 7) is 2.48. The maximum Gasteiger partial charge on any atom is 0.134 e. The van der Waals surface area contributed by atoms with Gasteiger partial charge in [0.25, 0.3) is 0 Å². The fourth-order valence-electron chi connectivity index (χ4n) is 1.84. The summed E-state index contributed by atoms with van der Waals surface area (Å²) in [7, 11) is 3.50. The van der Waals surface area contributed by atoms with Crippen LogP contribution in [0.15, 0.2) is 24.4 Å². The maximum atomic E-state index is 6.04. The van der Waals surface area contributed by atoms with Crippen molar-refractivity contribution in [3.63, 3.8) is 0 Å². The molecule has 0 radical (unpaired) electrons. The predicted octanol–water partition coefficient (Wildman–Crippen LogP) is 1.78. The van der Waals surface area contributed by atoms with Crippen molar-refractivity contribution in [2.24, 2.45) is 7.05 Å². The highest BCUT2D eigenvalue weighted by molar-refractivity contribution is 6.30. The normalized spacial score (nSPS) is 10.8. The Hall–Kier alpha value is -1.63. The van der Waals surface area contributed by atoms with Gasteiger partial charge in [-0.2, -0.15) is 0 Å². The first-order chi connectivity index (χ1) is 10.2. The number of rotatable bonds is 8. The Balaban J connectivity index is 1.97. The average Bonchev–Trinajstić information content (AvgIpc) is 2.88. The summed E-state index contributed by atoms with van der Waals surface area (Å²) in [6, 6.07) is 5.58. The molecule has 0 saturated heterocycles. The second kappa shape index (κ2) is 7.97. The van der Waals surface area contributed by atoms with E-state index < -0.39 is 0 Å². The number of aromatic nitrogens is 3. The molecule has 0 saturated carbocycles. The first-order valence-electron chi connectivity index (χ1n) is 6.65. The second-order valence-electron chi connectivity index (χ2n) is 4.59. The van der Waals surface area contributed by atoms with Gasteiger partial charge in [-0.15, -0.1) is 5.10 Å². The number of halogens is 1. The molecule has 1 N–H and O–H groups in total. The van der Waals surface area contributed by atoms with Crippen LogP contribution in [0.2, 0.25) is 5.02 Å². The number of aryl methyl sites for hydroxylation is 1. The highest BCUT2D eigenvalue weighted by atomic mass is 35.5. The molecule has 1 heterocycles.